The van der Waals surface area contributed by atoms with Crippen molar-refractivity contribution in [1.29, 1.82) is 0 Å². The minimum Gasteiger partial charge on any atom is -0.492 e. The molecule has 0 aliphatic carbocycles. The van der Waals surface area contributed by atoms with Gasteiger partial charge in [0.2, 0.25) is 5.91 Å². The molecule has 0 spiro atoms. The number of carbonyl (C=O) groups excluding carboxylic acids is 1. The van der Waals surface area contributed by atoms with E-state index in [1.54, 1.807) is 11.3 Å². The van der Waals surface area contributed by atoms with Gasteiger partial charge in [-0.1, -0.05) is 32.9 Å². The lowest BCUT2D eigenvalue weighted by atomic mass is 9.87. The van der Waals surface area contributed by atoms with Crippen molar-refractivity contribution in [3.63, 3.8) is 0 Å². The van der Waals surface area contributed by atoms with Crippen molar-refractivity contribution in [2.45, 2.75) is 52.5 Å². The number of aromatic nitrogens is 1. The first-order valence-electron chi connectivity index (χ1n) is 10.5. The fourth-order valence-electron chi connectivity index (χ4n) is 3.60. The second-order valence-corrected chi connectivity index (χ2v) is 9.88. The molecule has 1 saturated heterocycles. The van der Waals surface area contributed by atoms with Gasteiger partial charge in [0.25, 0.3) is 0 Å². The summed E-state index contributed by atoms with van der Waals surface area (Å²) >= 11 is 1.70. The van der Waals surface area contributed by atoms with Crippen LogP contribution < -0.4 is 10.1 Å². The highest BCUT2D eigenvalue weighted by atomic mass is 32.1. The van der Waals surface area contributed by atoms with E-state index < -0.39 is 0 Å². The molecule has 0 radical (unpaired) electrons. The lowest BCUT2D eigenvalue weighted by Gasteiger charge is -2.30. The summed E-state index contributed by atoms with van der Waals surface area (Å²) in [6.07, 6.45) is 1.81. The minimum atomic E-state index is 0.106. The number of hydrogen-bond acceptors (Lipinski definition) is 5. The van der Waals surface area contributed by atoms with E-state index in [2.05, 4.69) is 53.5 Å². The molecule has 2 aromatic rings. The number of piperidine rings is 1. The molecule has 0 atom stereocenters. The Morgan fingerprint density at radius 2 is 1.93 bits per heavy atom. The number of amides is 1. The zero-order valence-corrected chi connectivity index (χ0v) is 18.8. The topological polar surface area (TPSA) is 54.5 Å². The van der Waals surface area contributed by atoms with Gasteiger partial charge in [0.05, 0.1) is 17.2 Å². The van der Waals surface area contributed by atoms with Crippen LogP contribution in [-0.4, -0.2) is 42.0 Å². The smallest absolute Gasteiger partial charge is 0.223 e. The lowest BCUT2D eigenvalue weighted by Crippen LogP contribution is -2.41. The Balaban J connectivity index is 1.33. The zero-order valence-electron chi connectivity index (χ0n) is 18.0. The third-order valence-electron chi connectivity index (χ3n) is 5.40. The van der Waals surface area contributed by atoms with Gasteiger partial charge in [-0.15, -0.1) is 11.3 Å². The monoisotopic (exact) mass is 415 g/mol. The second kappa shape index (κ2) is 9.72. The predicted molar refractivity (Wildman–Crippen MR) is 118 cm³/mol. The van der Waals surface area contributed by atoms with Crippen LogP contribution in [0.1, 0.15) is 49.9 Å². The molecule has 0 unspecified atom stereocenters. The fourth-order valence-corrected chi connectivity index (χ4v) is 4.21. The summed E-state index contributed by atoms with van der Waals surface area (Å²) < 4.78 is 5.77. The van der Waals surface area contributed by atoms with Gasteiger partial charge in [0, 0.05) is 17.8 Å². The molecule has 1 aromatic heterocycles. The molecule has 1 aliphatic rings. The summed E-state index contributed by atoms with van der Waals surface area (Å²) in [6.45, 7) is 12.4. The molecule has 1 fully saturated rings. The summed E-state index contributed by atoms with van der Waals surface area (Å²) in [5.41, 5.74) is 2.57. The molecule has 1 aliphatic heterocycles. The minimum absolute atomic E-state index is 0.106. The van der Waals surface area contributed by atoms with Crippen molar-refractivity contribution in [2.24, 2.45) is 5.92 Å². The molecule has 3 rings (SSSR count). The Labute approximate surface area is 178 Å². The van der Waals surface area contributed by atoms with Crippen LogP contribution in [0, 0.1) is 12.8 Å². The van der Waals surface area contributed by atoms with E-state index in [0.29, 0.717) is 13.2 Å². The Bertz CT molecular complexity index is 787. The summed E-state index contributed by atoms with van der Waals surface area (Å²) in [6, 6.07) is 8.22. The van der Waals surface area contributed by atoms with Crippen LogP contribution in [-0.2, 0) is 16.8 Å². The van der Waals surface area contributed by atoms with Crippen LogP contribution in [0.4, 0.5) is 0 Å². The highest BCUT2D eigenvalue weighted by molar-refractivity contribution is 7.09. The number of benzene rings is 1. The van der Waals surface area contributed by atoms with Gasteiger partial charge in [-0.2, -0.15) is 0 Å². The molecule has 1 N–H and O–H groups in total. The predicted octanol–water partition coefficient (Wildman–Crippen LogP) is 4.16. The fraction of sp³-hybridized carbons (Fsp3) is 0.565. The van der Waals surface area contributed by atoms with Crippen molar-refractivity contribution in [1.82, 2.24) is 15.2 Å². The number of likely N-dealkylation sites (tertiary alicyclic amines) is 1. The van der Waals surface area contributed by atoms with Crippen LogP contribution in [0.15, 0.2) is 29.6 Å². The Morgan fingerprint density at radius 1 is 1.24 bits per heavy atom. The maximum atomic E-state index is 12.4. The number of nitrogens with one attached hydrogen (secondary N) is 1. The molecule has 2 heterocycles. The van der Waals surface area contributed by atoms with E-state index in [-0.39, 0.29) is 17.2 Å². The quantitative estimate of drug-likeness (QED) is 0.690. The maximum Gasteiger partial charge on any atom is 0.223 e. The van der Waals surface area contributed by atoms with Crippen molar-refractivity contribution in [2.75, 3.05) is 26.2 Å². The average Bonchev–Trinajstić information content (AvgIpc) is 3.10. The van der Waals surface area contributed by atoms with Crippen LogP contribution in [0.5, 0.6) is 5.75 Å². The average molecular weight is 416 g/mol. The summed E-state index contributed by atoms with van der Waals surface area (Å²) in [7, 11) is 0. The standard InChI is InChI=1S/C23H33N3O2S/c1-17-25-20(16-29-17)15-26-12-9-18(10-13-26)22(27)24-11-14-28-21-7-5-19(6-8-21)23(2,3)4/h5-8,16,18H,9-15H2,1-4H3,(H,24,27). The first kappa shape index (κ1) is 21.8. The van der Waals surface area contributed by atoms with E-state index in [4.69, 9.17) is 4.74 Å². The Morgan fingerprint density at radius 3 is 2.52 bits per heavy atom. The molecule has 0 bridgehead atoms. The van der Waals surface area contributed by atoms with Gasteiger partial charge in [-0.3, -0.25) is 9.69 Å². The van der Waals surface area contributed by atoms with E-state index in [9.17, 15) is 4.79 Å². The van der Waals surface area contributed by atoms with Crippen LogP contribution in [0.2, 0.25) is 0 Å². The number of rotatable bonds is 7. The second-order valence-electron chi connectivity index (χ2n) is 8.82. The molecule has 6 heteroatoms. The molecular weight excluding hydrogens is 382 g/mol. The van der Waals surface area contributed by atoms with Gasteiger partial charge in [-0.25, -0.2) is 4.98 Å². The van der Waals surface area contributed by atoms with E-state index >= 15 is 0 Å². The number of ether oxygens (including phenoxy) is 1. The number of hydrogen-bond donors (Lipinski definition) is 1. The van der Waals surface area contributed by atoms with Gasteiger partial charge in [-0.05, 0) is 56.0 Å². The third-order valence-corrected chi connectivity index (χ3v) is 6.22. The van der Waals surface area contributed by atoms with Gasteiger partial charge in [0.1, 0.15) is 12.4 Å². The molecule has 1 amide bonds. The normalized spacial score (nSPS) is 16.0. The van der Waals surface area contributed by atoms with Crippen LogP contribution in [0.25, 0.3) is 0 Å². The summed E-state index contributed by atoms with van der Waals surface area (Å²) in [5, 5.41) is 6.28. The van der Waals surface area contributed by atoms with Gasteiger partial charge < -0.3 is 10.1 Å². The summed E-state index contributed by atoms with van der Waals surface area (Å²) in [4.78, 5) is 19.4. The third kappa shape index (κ3) is 6.54. The molecule has 5 nitrogen and oxygen atoms in total. The molecular formula is C23H33N3O2S. The molecule has 1 aromatic carbocycles. The molecule has 158 valence electrons. The van der Waals surface area contributed by atoms with E-state index in [1.165, 1.54) is 5.56 Å². The molecule has 29 heavy (non-hydrogen) atoms. The summed E-state index contributed by atoms with van der Waals surface area (Å²) in [5.74, 6) is 1.10. The number of carbonyl (C=O) groups is 1. The Hall–Kier alpha value is -1.92. The first-order valence-corrected chi connectivity index (χ1v) is 11.3. The zero-order chi connectivity index (χ0) is 20.9. The lowest BCUT2D eigenvalue weighted by molar-refractivity contribution is -0.126. The van der Waals surface area contributed by atoms with Crippen molar-refractivity contribution < 1.29 is 9.53 Å². The van der Waals surface area contributed by atoms with Crippen LogP contribution in [0.3, 0.4) is 0 Å². The van der Waals surface area contributed by atoms with Gasteiger partial charge in [0.15, 0.2) is 0 Å². The van der Waals surface area contributed by atoms with Crippen LogP contribution >= 0.6 is 11.3 Å². The largest absolute Gasteiger partial charge is 0.492 e. The molecule has 0 saturated carbocycles. The van der Waals surface area contributed by atoms with Crippen molar-refractivity contribution >= 4 is 17.2 Å². The Kier molecular flexibility index (Phi) is 7.30. The highest BCUT2D eigenvalue weighted by Gasteiger charge is 2.25. The number of aryl methyl sites for hydroxylation is 1. The number of thiazole rings is 1. The maximum absolute atomic E-state index is 12.4. The van der Waals surface area contributed by atoms with E-state index in [0.717, 1.165) is 48.9 Å². The van der Waals surface area contributed by atoms with E-state index in [1.807, 2.05) is 19.1 Å². The van der Waals surface area contributed by atoms with Crippen molar-refractivity contribution in [3.05, 3.63) is 45.9 Å². The van der Waals surface area contributed by atoms with Crippen molar-refractivity contribution in [3.8, 4) is 5.75 Å². The highest BCUT2D eigenvalue weighted by Crippen LogP contribution is 2.24. The SMILES string of the molecule is Cc1nc(CN2CCC(C(=O)NCCOc3ccc(C(C)(C)C)cc3)CC2)cs1. The first-order chi connectivity index (χ1) is 13.8. The van der Waals surface area contributed by atoms with Gasteiger partial charge >= 0.3 is 0 Å². The number of nitrogens with zero attached hydrogens (tertiary/aromatic N) is 2.